The van der Waals surface area contributed by atoms with E-state index in [2.05, 4.69) is 22.5 Å². The maximum atomic E-state index is 12.8. The number of benzene rings is 3. The summed E-state index contributed by atoms with van der Waals surface area (Å²) in [6.07, 6.45) is 1.54. The Labute approximate surface area is 196 Å². The quantitative estimate of drug-likeness (QED) is 0.218. The molecular weight excluding hydrogens is 436 g/mol. The van der Waals surface area contributed by atoms with Crippen LogP contribution in [0.1, 0.15) is 31.1 Å². The highest BCUT2D eigenvalue weighted by Crippen LogP contribution is 2.34. The van der Waals surface area contributed by atoms with Gasteiger partial charge in [0.1, 0.15) is 0 Å². The van der Waals surface area contributed by atoms with Crippen LogP contribution >= 0.6 is 12.2 Å². The van der Waals surface area contributed by atoms with Crippen molar-refractivity contribution in [2.75, 3.05) is 25.0 Å². The number of carbonyl (C=O) groups is 3. The van der Waals surface area contributed by atoms with Gasteiger partial charge in [-0.15, -0.1) is 6.58 Å². The van der Waals surface area contributed by atoms with Gasteiger partial charge in [0.25, 0.3) is 17.7 Å². The van der Waals surface area contributed by atoms with E-state index in [0.717, 1.165) is 11.1 Å². The van der Waals surface area contributed by atoms with Crippen LogP contribution in [-0.4, -0.2) is 47.4 Å². The van der Waals surface area contributed by atoms with Gasteiger partial charge >= 0.3 is 0 Å². The first kappa shape index (κ1) is 22.2. The molecule has 0 spiro atoms. The summed E-state index contributed by atoms with van der Waals surface area (Å²) in [5.74, 6) is -0.919. The molecule has 0 aliphatic carbocycles. The third-order valence-corrected chi connectivity index (χ3v) is 5.54. The molecule has 0 saturated carbocycles. The molecule has 3 aromatic rings. The highest BCUT2D eigenvalue weighted by atomic mass is 32.1. The fraction of sp³-hybridized carbons (Fsp3) is 0.120. The number of amides is 3. The van der Waals surface area contributed by atoms with Gasteiger partial charge in [-0.25, -0.2) is 0 Å². The van der Waals surface area contributed by atoms with Crippen LogP contribution < -0.4 is 16.0 Å². The van der Waals surface area contributed by atoms with E-state index in [1.54, 1.807) is 42.5 Å². The molecule has 7 nitrogen and oxygen atoms in total. The highest BCUT2D eigenvalue weighted by molar-refractivity contribution is 7.80. The number of anilines is 1. The lowest BCUT2D eigenvalue weighted by molar-refractivity contribution is 0.0628. The van der Waals surface area contributed by atoms with Crippen molar-refractivity contribution in [3.8, 4) is 0 Å². The normalized spacial score (nSPS) is 12.4. The number of hydrogen-bond acceptors (Lipinski definition) is 5. The second kappa shape index (κ2) is 9.62. The van der Waals surface area contributed by atoms with Gasteiger partial charge < -0.3 is 10.6 Å². The van der Waals surface area contributed by atoms with Crippen molar-refractivity contribution in [1.82, 2.24) is 15.5 Å². The molecule has 4 rings (SSSR count). The Morgan fingerprint density at radius 2 is 1.67 bits per heavy atom. The molecule has 166 valence electrons. The van der Waals surface area contributed by atoms with Gasteiger partial charge in [0, 0.05) is 52.8 Å². The fourth-order valence-electron chi connectivity index (χ4n) is 3.78. The third kappa shape index (κ3) is 4.47. The van der Waals surface area contributed by atoms with Gasteiger partial charge in [0.15, 0.2) is 5.11 Å². The molecule has 0 fully saturated rings. The van der Waals surface area contributed by atoms with Crippen molar-refractivity contribution in [3.05, 3.63) is 90.0 Å². The molecule has 0 unspecified atom stereocenters. The maximum absolute atomic E-state index is 12.8. The third-order valence-electron chi connectivity index (χ3n) is 5.29. The van der Waals surface area contributed by atoms with Gasteiger partial charge in [-0.3, -0.25) is 24.6 Å². The predicted octanol–water partition coefficient (Wildman–Crippen LogP) is 3.34. The van der Waals surface area contributed by atoms with Crippen LogP contribution in [0.25, 0.3) is 10.8 Å². The van der Waals surface area contributed by atoms with Crippen LogP contribution in [0.2, 0.25) is 0 Å². The molecule has 8 heteroatoms. The van der Waals surface area contributed by atoms with E-state index < -0.39 is 0 Å². The molecule has 0 bridgehead atoms. The summed E-state index contributed by atoms with van der Waals surface area (Å²) in [5, 5.41) is 10.6. The van der Waals surface area contributed by atoms with E-state index in [9.17, 15) is 14.4 Å². The summed E-state index contributed by atoms with van der Waals surface area (Å²) < 4.78 is 0. The van der Waals surface area contributed by atoms with Crippen molar-refractivity contribution in [2.24, 2.45) is 0 Å². The van der Waals surface area contributed by atoms with Crippen molar-refractivity contribution in [2.45, 2.75) is 0 Å². The van der Waals surface area contributed by atoms with Gasteiger partial charge in [-0.05, 0) is 42.5 Å². The Morgan fingerprint density at radius 3 is 2.39 bits per heavy atom. The first-order valence-electron chi connectivity index (χ1n) is 10.4. The Hall–Kier alpha value is -4.04. The molecule has 1 aliphatic heterocycles. The molecule has 1 aliphatic rings. The summed E-state index contributed by atoms with van der Waals surface area (Å²) >= 11 is 5.20. The van der Waals surface area contributed by atoms with E-state index in [-0.39, 0.29) is 29.4 Å². The Kier molecular flexibility index (Phi) is 6.46. The lowest BCUT2D eigenvalue weighted by Gasteiger charge is -2.27. The zero-order valence-electron chi connectivity index (χ0n) is 17.8. The van der Waals surface area contributed by atoms with Crippen LogP contribution in [-0.2, 0) is 0 Å². The van der Waals surface area contributed by atoms with Crippen LogP contribution in [0, 0.1) is 0 Å². The number of hydrogen-bond donors (Lipinski definition) is 3. The molecule has 3 N–H and O–H groups in total. The minimum absolute atomic E-state index is 0.167. The molecular formula is C25H22N4O3S. The van der Waals surface area contributed by atoms with Crippen molar-refractivity contribution < 1.29 is 14.4 Å². The van der Waals surface area contributed by atoms with Crippen molar-refractivity contribution in [3.63, 3.8) is 0 Å². The standard InChI is InChI=1S/C25H22N4O3S/c1-2-15-29-23(31)18-10-6-9-17-20(12-11-19(21(17)18)24(29)32)26-13-14-27-25(33)28-22(30)16-7-4-3-5-8-16/h2-12,26H,1,13-15H2,(H2,27,28,30,33). The summed E-state index contributed by atoms with van der Waals surface area (Å²) in [7, 11) is 0. The molecule has 33 heavy (non-hydrogen) atoms. The maximum Gasteiger partial charge on any atom is 0.261 e. The molecule has 0 atom stereocenters. The molecule has 0 saturated heterocycles. The Bertz CT molecular complexity index is 1250. The Morgan fingerprint density at radius 1 is 0.939 bits per heavy atom. The predicted molar refractivity (Wildman–Crippen MR) is 133 cm³/mol. The minimum Gasteiger partial charge on any atom is -0.383 e. The average molecular weight is 459 g/mol. The van der Waals surface area contributed by atoms with E-state index in [1.807, 2.05) is 18.2 Å². The summed E-state index contributed by atoms with van der Waals surface area (Å²) in [6, 6.07) is 17.8. The number of nitrogens with zero attached hydrogens (tertiary/aromatic N) is 1. The highest BCUT2D eigenvalue weighted by Gasteiger charge is 2.32. The summed E-state index contributed by atoms with van der Waals surface area (Å²) in [5.41, 5.74) is 2.32. The first-order chi connectivity index (χ1) is 16.0. The van der Waals surface area contributed by atoms with Crippen LogP contribution in [0.15, 0.2) is 73.3 Å². The van der Waals surface area contributed by atoms with E-state index >= 15 is 0 Å². The molecule has 3 aromatic carbocycles. The largest absolute Gasteiger partial charge is 0.383 e. The molecule has 0 aromatic heterocycles. The number of rotatable bonds is 7. The van der Waals surface area contributed by atoms with Gasteiger partial charge in [-0.1, -0.05) is 36.4 Å². The molecule has 1 heterocycles. The minimum atomic E-state index is -0.323. The van der Waals surface area contributed by atoms with Gasteiger partial charge in [0.2, 0.25) is 0 Å². The van der Waals surface area contributed by atoms with Crippen LogP contribution in [0.3, 0.4) is 0 Å². The second-order valence-corrected chi connectivity index (χ2v) is 7.81. The second-order valence-electron chi connectivity index (χ2n) is 7.40. The van der Waals surface area contributed by atoms with Gasteiger partial charge in [-0.2, -0.15) is 0 Å². The van der Waals surface area contributed by atoms with Crippen LogP contribution in [0.5, 0.6) is 0 Å². The Balaban J connectivity index is 1.41. The lowest BCUT2D eigenvalue weighted by Crippen LogP contribution is -2.41. The number of imide groups is 1. The van der Waals surface area contributed by atoms with E-state index in [4.69, 9.17) is 12.2 Å². The lowest BCUT2D eigenvalue weighted by atomic mass is 9.93. The molecule has 0 radical (unpaired) electrons. The van der Waals surface area contributed by atoms with E-state index in [0.29, 0.717) is 35.2 Å². The molecule has 3 amide bonds. The SMILES string of the molecule is C=CCN1C(=O)c2cccc3c(NCCNC(=S)NC(=O)c4ccccc4)ccc(c23)C1=O. The first-order valence-corrected chi connectivity index (χ1v) is 10.8. The number of nitrogens with one attached hydrogen (secondary N) is 3. The van der Waals surface area contributed by atoms with Gasteiger partial charge in [0.05, 0.1) is 0 Å². The van der Waals surface area contributed by atoms with Crippen LogP contribution in [0.4, 0.5) is 5.69 Å². The van der Waals surface area contributed by atoms with Crippen molar-refractivity contribution >= 4 is 51.5 Å². The summed E-state index contributed by atoms with van der Waals surface area (Å²) in [4.78, 5) is 39.0. The number of carbonyl (C=O) groups excluding carboxylic acids is 3. The zero-order chi connectivity index (χ0) is 23.4. The van der Waals surface area contributed by atoms with E-state index in [1.165, 1.54) is 11.0 Å². The summed E-state index contributed by atoms with van der Waals surface area (Å²) in [6.45, 7) is 4.76. The zero-order valence-corrected chi connectivity index (χ0v) is 18.6. The topological polar surface area (TPSA) is 90.5 Å². The fourth-order valence-corrected chi connectivity index (χ4v) is 3.97. The average Bonchev–Trinajstić information content (AvgIpc) is 2.83. The smallest absolute Gasteiger partial charge is 0.261 e. The number of thiocarbonyl (C=S) groups is 1. The monoisotopic (exact) mass is 458 g/mol. The van der Waals surface area contributed by atoms with Crippen molar-refractivity contribution in [1.29, 1.82) is 0 Å².